The summed E-state index contributed by atoms with van der Waals surface area (Å²) in [4.78, 5) is 0.341. The smallest absolute Gasteiger partial charge is 0.206 e. The van der Waals surface area contributed by atoms with Gasteiger partial charge in [0.1, 0.15) is 46.0 Å². The molecule has 0 amide bonds. The summed E-state index contributed by atoms with van der Waals surface area (Å²) < 4.78 is 48.9. The summed E-state index contributed by atoms with van der Waals surface area (Å²) in [5, 5.41) is 0. The molecule has 10 nitrogen and oxygen atoms in total. The van der Waals surface area contributed by atoms with Gasteiger partial charge in [0.15, 0.2) is 0 Å². The predicted molar refractivity (Wildman–Crippen MR) is 208 cm³/mol. The fourth-order valence-corrected chi connectivity index (χ4v) is 6.06. The lowest BCUT2D eigenvalue weighted by molar-refractivity contribution is 0.460. The number of benzene rings is 7. The average Bonchev–Trinajstić information content (AvgIpc) is 3.16. The quantitative estimate of drug-likeness (QED) is 0.0994. The molecule has 0 saturated carbocycles. The first kappa shape index (κ1) is 35.7. The molecule has 0 unspecified atom stereocenters. The zero-order valence-corrected chi connectivity index (χ0v) is 29.1. The molecular formula is C42H36N4O6S. The van der Waals surface area contributed by atoms with Gasteiger partial charge in [0.2, 0.25) is 9.84 Å². The van der Waals surface area contributed by atoms with Crippen LogP contribution in [0.1, 0.15) is 0 Å². The minimum atomic E-state index is -3.67. The van der Waals surface area contributed by atoms with Crippen molar-refractivity contribution in [1.29, 1.82) is 0 Å². The SMILES string of the molecule is Nc1ccc(Oc2ccc(S(=O)(=O)c3ccc(Oc4ccc(N)cc4)cc3)cc2)cc1.Nc1ccc(Oc2cccc(Oc3ccc(N)cc3)c2)cc1. The van der Waals surface area contributed by atoms with Gasteiger partial charge >= 0.3 is 0 Å². The lowest BCUT2D eigenvalue weighted by atomic mass is 10.3. The van der Waals surface area contributed by atoms with Crippen LogP contribution in [-0.4, -0.2) is 8.42 Å². The second-order valence-electron chi connectivity index (χ2n) is 11.6. The Balaban J connectivity index is 0.000000192. The van der Waals surface area contributed by atoms with E-state index in [1.54, 1.807) is 97.1 Å². The second kappa shape index (κ2) is 16.3. The number of sulfone groups is 1. The highest BCUT2D eigenvalue weighted by atomic mass is 32.2. The summed E-state index contributed by atoms with van der Waals surface area (Å²) in [6, 6.07) is 48.3. The van der Waals surface area contributed by atoms with E-state index >= 15 is 0 Å². The fourth-order valence-electron chi connectivity index (χ4n) is 4.80. The Kier molecular flexibility index (Phi) is 11.0. The van der Waals surface area contributed by atoms with Crippen molar-refractivity contribution in [2.24, 2.45) is 0 Å². The van der Waals surface area contributed by atoms with Crippen molar-refractivity contribution in [3.05, 3.63) is 170 Å². The van der Waals surface area contributed by atoms with Crippen LogP contribution in [0.2, 0.25) is 0 Å². The Morgan fingerprint density at radius 3 is 0.792 bits per heavy atom. The van der Waals surface area contributed by atoms with E-state index < -0.39 is 9.84 Å². The van der Waals surface area contributed by atoms with Gasteiger partial charge in [-0.15, -0.1) is 0 Å². The molecule has 0 aliphatic rings. The van der Waals surface area contributed by atoms with Gasteiger partial charge in [0.25, 0.3) is 0 Å². The van der Waals surface area contributed by atoms with Gasteiger partial charge < -0.3 is 41.9 Å². The zero-order chi connectivity index (χ0) is 37.2. The number of rotatable bonds is 10. The highest BCUT2D eigenvalue weighted by Gasteiger charge is 2.18. The molecular weight excluding hydrogens is 689 g/mol. The summed E-state index contributed by atoms with van der Waals surface area (Å²) in [6.45, 7) is 0. The van der Waals surface area contributed by atoms with Gasteiger partial charge in [-0.25, -0.2) is 8.42 Å². The summed E-state index contributed by atoms with van der Waals surface area (Å²) in [7, 11) is -3.67. The van der Waals surface area contributed by atoms with Crippen molar-refractivity contribution in [3.63, 3.8) is 0 Å². The monoisotopic (exact) mass is 724 g/mol. The zero-order valence-electron chi connectivity index (χ0n) is 28.3. The number of hydrogen-bond donors (Lipinski definition) is 4. The third-order valence-corrected chi connectivity index (χ3v) is 9.32. The molecule has 0 bridgehead atoms. The van der Waals surface area contributed by atoms with Crippen LogP contribution >= 0.6 is 0 Å². The fraction of sp³-hybridized carbons (Fsp3) is 0. The maximum Gasteiger partial charge on any atom is 0.206 e. The van der Waals surface area contributed by atoms with Gasteiger partial charge in [-0.05, 0) is 158 Å². The highest BCUT2D eigenvalue weighted by Crippen LogP contribution is 2.31. The molecule has 266 valence electrons. The Hall–Kier alpha value is -7.11. The van der Waals surface area contributed by atoms with Crippen molar-refractivity contribution in [1.82, 2.24) is 0 Å². The molecule has 0 saturated heterocycles. The van der Waals surface area contributed by atoms with E-state index in [2.05, 4.69) is 0 Å². The number of nitrogens with two attached hydrogens (primary N) is 4. The summed E-state index contributed by atoms with van der Waals surface area (Å²) in [5.41, 5.74) is 25.3. The Labute approximate surface area is 307 Å². The Morgan fingerprint density at radius 2 is 0.528 bits per heavy atom. The van der Waals surface area contributed by atoms with E-state index in [1.807, 2.05) is 48.5 Å². The number of anilines is 4. The van der Waals surface area contributed by atoms with Gasteiger partial charge in [-0.2, -0.15) is 0 Å². The maximum atomic E-state index is 12.9. The van der Waals surface area contributed by atoms with Gasteiger partial charge in [0, 0.05) is 28.8 Å². The molecule has 0 aliphatic heterocycles. The first-order valence-electron chi connectivity index (χ1n) is 16.3. The summed E-state index contributed by atoms with van der Waals surface area (Å²) in [5.74, 6) is 5.10. The third-order valence-electron chi connectivity index (χ3n) is 7.54. The molecule has 0 radical (unpaired) electrons. The molecule has 0 fully saturated rings. The Bertz CT molecular complexity index is 2190. The van der Waals surface area contributed by atoms with Crippen LogP contribution in [0.4, 0.5) is 22.7 Å². The minimum Gasteiger partial charge on any atom is -0.457 e. The standard InChI is InChI=1S/C24H20N2O4S.C18H16N2O2/c25-17-1-5-19(6-2-17)29-21-9-13-23(14-10-21)31(27,28)24-15-11-22(12-16-24)30-20-7-3-18(26)4-8-20;19-13-4-8-15(9-5-13)21-17-2-1-3-18(12-17)22-16-10-6-14(20)7-11-16/h1-16H,25-26H2;1-12H,19-20H2. The van der Waals surface area contributed by atoms with E-state index in [0.29, 0.717) is 57.2 Å². The molecule has 0 aliphatic carbocycles. The first-order chi connectivity index (χ1) is 25.6. The van der Waals surface area contributed by atoms with Crippen LogP contribution in [0.15, 0.2) is 180 Å². The molecule has 7 aromatic carbocycles. The number of hydrogen-bond acceptors (Lipinski definition) is 10. The van der Waals surface area contributed by atoms with Crippen LogP contribution in [0.5, 0.6) is 46.0 Å². The minimum absolute atomic E-state index is 0.171. The largest absolute Gasteiger partial charge is 0.457 e. The van der Waals surface area contributed by atoms with Crippen LogP contribution in [0.3, 0.4) is 0 Å². The van der Waals surface area contributed by atoms with Gasteiger partial charge in [-0.1, -0.05) is 6.07 Å². The molecule has 0 aromatic heterocycles. The molecule has 0 atom stereocenters. The predicted octanol–water partition coefficient (Wildman–Crippen LogP) is 9.70. The molecule has 53 heavy (non-hydrogen) atoms. The molecule has 0 spiro atoms. The lowest BCUT2D eigenvalue weighted by Gasteiger charge is -2.09. The van der Waals surface area contributed by atoms with Crippen molar-refractivity contribution in [2.45, 2.75) is 9.79 Å². The molecule has 11 heteroatoms. The summed E-state index contributed by atoms with van der Waals surface area (Å²) in [6.07, 6.45) is 0. The average molecular weight is 725 g/mol. The molecule has 7 aromatic rings. The third kappa shape index (κ3) is 10.00. The lowest BCUT2D eigenvalue weighted by Crippen LogP contribution is -2.01. The maximum absolute atomic E-state index is 12.9. The highest BCUT2D eigenvalue weighted by molar-refractivity contribution is 7.91. The van der Waals surface area contributed by atoms with Gasteiger partial charge in [0.05, 0.1) is 9.79 Å². The number of nitrogen functional groups attached to an aromatic ring is 4. The Morgan fingerprint density at radius 1 is 0.302 bits per heavy atom. The van der Waals surface area contributed by atoms with Crippen molar-refractivity contribution in [3.8, 4) is 46.0 Å². The second-order valence-corrected chi connectivity index (χ2v) is 13.6. The van der Waals surface area contributed by atoms with Crippen LogP contribution in [-0.2, 0) is 9.84 Å². The van der Waals surface area contributed by atoms with E-state index in [1.165, 1.54) is 24.3 Å². The van der Waals surface area contributed by atoms with Crippen LogP contribution < -0.4 is 41.9 Å². The van der Waals surface area contributed by atoms with E-state index in [4.69, 9.17) is 41.9 Å². The normalized spacial score (nSPS) is 10.7. The van der Waals surface area contributed by atoms with E-state index in [9.17, 15) is 8.42 Å². The van der Waals surface area contributed by atoms with Crippen molar-refractivity contribution < 1.29 is 27.4 Å². The topological polar surface area (TPSA) is 175 Å². The van der Waals surface area contributed by atoms with Crippen molar-refractivity contribution >= 4 is 32.6 Å². The first-order valence-corrected chi connectivity index (χ1v) is 17.8. The summed E-state index contributed by atoms with van der Waals surface area (Å²) >= 11 is 0. The van der Waals surface area contributed by atoms with Crippen LogP contribution in [0, 0.1) is 0 Å². The number of ether oxygens (including phenoxy) is 4. The molecule has 0 heterocycles. The van der Waals surface area contributed by atoms with E-state index in [-0.39, 0.29) is 9.79 Å². The van der Waals surface area contributed by atoms with Crippen molar-refractivity contribution in [2.75, 3.05) is 22.9 Å². The molecule has 7 rings (SSSR count). The van der Waals surface area contributed by atoms with Gasteiger partial charge in [-0.3, -0.25) is 0 Å². The molecule has 8 N–H and O–H groups in total. The van der Waals surface area contributed by atoms with Crippen LogP contribution in [0.25, 0.3) is 0 Å². The van der Waals surface area contributed by atoms with E-state index in [0.717, 1.165) is 11.5 Å².